The van der Waals surface area contributed by atoms with Crippen molar-refractivity contribution in [1.82, 2.24) is 0 Å². The molecule has 0 aliphatic carbocycles. The van der Waals surface area contributed by atoms with Crippen molar-refractivity contribution in [3.05, 3.63) is 57.8 Å². The molecule has 7 heteroatoms. The van der Waals surface area contributed by atoms with Crippen LogP contribution in [0.15, 0.2) is 36.4 Å². The second-order valence-electron chi connectivity index (χ2n) is 4.13. The van der Waals surface area contributed by atoms with E-state index in [4.69, 9.17) is 23.2 Å². The first-order valence-corrected chi connectivity index (χ1v) is 6.63. The molecule has 2 aromatic rings. The van der Waals surface area contributed by atoms with Crippen LogP contribution in [0, 0.1) is 5.82 Å². The van der Waals surface area contributed by atoms with Gasteiger partial charge in [0.2, 0.25) is 0 Å². The third-order valence-electron chi connectivity index (χ3n) is 2.62. The number of rotatable bonds is 5. The summed E-state index contributed by atoms with van der Waals surface area (Å²) in [6.45, 7) is -2.60. The van der Waals surface area contributed by atoms with Gasteiger partial charge in [-0.1, -0.05) is 35.3 Å². The molecule has 2 nitrogen and oxygen atoms in total. The van der Waals surface area contributed by atoms with E-state index in [1.54, 1.807) is 12.1 Å². The van der Waals surface area contributed by atoms with Gasteiger partial charge in [-0.25, -0.2) is 4.39 Å². The van der Waals surface area contributed by atoms with Crippen LogP contribution >= 0.6 is 23.2 Å². The van der Waals surface area contributed by atoms with Gasteiger partial charge in [0, 0.05) is 12.2 Å². The highest BCUT2D eigenvalue weighted by atomic mass is 35.5. The number of alkyl halides is 2. The number of anilines is 1. The zero-order chi connectivity index (χ0) is 15.4. The van der Waals surface area contributed by atoms with E-state index in [2.05, 4.69) is 10.1 Å². The van der Waals surface area contributed by atoms with Gasteiger partial charge >= 0.3 is 6.61 Å². The molecule has 0 fully saturated rings. The Kier molecular flexibility index (Phi) is 5.20. The molecular weight excluding hydrogens is 326 g/mol. The first-order valence-electron chi connectivity index (χ1n) is 5.88. The smallest absolute Gasteiger partial charge is 0.387 e. The molecule has 0 radical (unpaired) electrons. The minimum Gasteiger partial charge on any atom is -0.432 e. The van der Waals surface area contributed by atoms with E-state index in [1.807, 2.05) is 0 Å². The average Bonchev–Trinajstić information content (AvgIpc) is 2.42. The van der Waals surface area contributed by atoms with Crippen LogP contribution in [-0.2, 0) is 6.54 Å². The first kappa shape index (κ1) is 15.8. The third kappa shape index (κ3) is 4.44. The van der Waals surface area contributed by atoms with Gasteiger partial charge in [0.25, 0.3) is 0 Å². The van der Waals surface area contributed by atoms with Crippen molar-refractivity contribution in [2.75, 3.05) is 5.32 Å². The second-order valence-corrected chi connectivity index (χ2v) is 4.94. The molecule has 112 valence electrons. The van der Waals surface area contributed by atoms with Crippen LogP contribution in [0.5, 0.6) is 5.75 Å². The standard InChI is InChI=1S/C14H10Cl2F3NO/c15-11-5-10(6-12(16)13(11)21-14(18)19)20-7-8-1-3-9(17)4-2-8/h1-6,14,20H,7H2. The molecule has 2 aromatic carbocycles. The fourth-order valence-corrected chi connectivity index (χ4v) is 2.25. The molecule has 0 aromatic heterocycles. The lowest BCUT2D eigenvalue weighted by molar-refractivity contribution is -0.0497. The lowest BCUT2D eigenvalue weighted by atomic mass is 10.2. The molecule has 2 rings (SSSR count). The maximum Gasteiger partial charge on any atom is 0.387 e. The molecule has 0 spiro atoms. The van der Waals surface area contributed by atoms with Crippen LogP contribution in [0.25, 0.3) is 0 Å². The molecule has 0 bridgehead atoms. The molecule has 0 saturated carbocycles. The molecule has 0 atom stereocenters. The monoisotopic (exact) mass is 335 g/mol. The van der Waals surface area contributed by atoms with Gasteiger partial charge in [-0.2, -0.15) is 8.78 Å². The summed E-state index contributed by atoms with van der Waals surface area (Å²) in [7, 11) is 0. The van der Waals surface area contributed by atoms with E-state index in [-0.39, 0.29) is 21.6 Å². The van der Waals surface area contributed by atoms with Gasteiger partial charge in [-0.15, -0.1) is 0 Å². The summed E-state index contributed by atoms with van der Waals surface area (Å²) in [5, 5.41) is 2.96. The molecular formula is C14H10Cl2F3NO. The number of hydrogen-bond donors (Lipinski definition) is 1. The highest BCUT2D eigenvalue weighted by Gasteiger charge is 2.14. The van der Waals surface area contributed by atoms with Gasteiger partial charge in [0.15, 0.2) is 5.75 Å². The van der Waals surface area contributed by atoms with E-state index in [0.717, 1.165) is 5.56 Å². The summed E-state index contributed by atoms with van der Waals surface area (Å²) < 4.78 is 41.4. The van der Waals surface area contributed by atoms with Crippen molar-refractivity contribution in [3.63, 3.8) is 0 Å². The topological polar surface area (TPSA) is 21.3 Å². The van der Waals surface area contributed by atoms with Crippen LogP contribution in [0.1, 0.15) is 5.56 Å². The van der Waals surface area contributed by atoms with Crippen molar-refractivity contribution in [3.8, 4) is 5.75 Å². The van der Waals surface area contributed by atoms with Gasteiger partial charge < -0.3 is 10.1 Å². The Labute approximate surface area is 129 Å². The third-order valence-corrected chi connectivity index (χ3v) is 3.18. The van der Waals surface area contributed by atoms with Crippen molar-refractivity contribution < 1.29 is 17.9 Å². The quantitative estimate of drug-likeness (QED) is 0.795. The predicted octanol–water partition coefficient (Wildman–Crippen LogP) is 5.35. The fourth-order valence-electron chi connectivity index (χ4n) is 1.67. The second kappa shape index (κ2) is 6.91. The Morgan fingerprint density at radius 2 is 1.62 bits per heavy atom. The van der Waals surface area contributed by atoms with Crippen molar-refractivity contribution in [2.45, 2.75) is 13.2 Å². The highest BCUT2D eigenvalue weighted by molar-refractivity contribution is 6.37. The fraction of sp³-hybridized carbons (Fsp3) is 0.143. The summed E-state index contributed by atoms with van der Waals surface area (Å²) in [5.41, 5.74) is 1.38. The normalized spacial score (nSPS) is 10.8. The predicted molar refractivity (Wildman–Crippen MR) is 76.8 cm³/mol. The summed E-state index contributed by atoms with van der Waals surface area (Å²) >= 11 is 11.7. The molecule has 0 amide bonds. The molecule has 0 aliphatic heterocycles. The Hall–Kier alpha value is -1.59. The van der Waals surface area contributed by atoms with E-state index < -0.39 is 6.61 Å². The lowest BCUT2D eigenvalue weighted by Crippen LogP contribution is -2.04. The molecule has 0 heterocycles. The molecule has 0 unspecified atom stereocenters. The average molecular weight is 336 g/mol. The minimum atomic E-state index is -3.00. The van der Waals surface area contributed by atoms with Crippen LogP contribution in [-0.4, -0.2) is 6.61 Å². The minimum absolute atomic E-state index is 0.0237. The van der Waals surface area contributed by atoms with Crippen molar-refractivity contribution in [2.24, 2.45) is 0 Å². The van der Waals surface area contributed by atoms with E-state index in [9.17, 15) is 13.2 Å². The Morgan fingerprint density at radius 3 is 2.14 bits per heavy atom. The number of nitrogens with one attached hydrogen (secondary N) is 1. The summed E-state index contributed by atoms with van der Waals surface area (Å²) in [6.07, 6.45) is 0. The van der Waals surface area contributed by atoms with Gasteiger partial charge in [0.1, 0.15) is 5.82 Å². The Morgan fingerprint density at radius 1 is 1.05 bits per heavy atom. The first-order chi connectivity index (χ1) is 9.95. The summed E-state index contributed by atoms with van der Waals surface area (Å²) in [5.74, 6) is -0.584. The number of hydrogen-bond acceptors (Lipinski definition) is 2. The van der Waals surface area contributed by atoms with Crippen LogP contribution in [0.4, 0.5) is 18.9 Å². The highest BCUT2D eigenvalue weighted by Crippen LogP contribution is 2.37. The number of ether oxygens (including phenoxy) is 1. The van der Waals surface area contributed by atoms with Crippen molar-refractivity contribution in [1.29, 1.82) is 0 Å². The summed E-state index contributed by atoms with van der Waals surface area (Å²) in [6, 6.07) is 8.79. The molecule has 0 saturated heterocycles. The van der Waals surface area contributed by atoms with Crippen LogP contribution in [0.3, 0.4) is 0 Å². The van der Waals surface area contributed by atoms with Gasteiger partial charge in [-0.05, 0) is 29.8 Å². The maximum atomic E-state index is 12.8. The lowest BCUT2D eigenvalue weighted by Gasteiger charge is -2.12. The van der Waals surface area contributed by atoms with E-state index in [1.165, 1.54) is 24.3 Å². The largest absolute Gasteiger partial charge is 0.432 e. The summed E-state index contributed by atoms with van der Waals surface area (Å²) in [4.78, 5) is 0. The van der Waals surface area contributed by atoms with Crippen LogP contribution in [0.2, 0.25) is 10.0 Å². The Balaban J connectivity index is 2.09. The Bertz CT molecular complexity index is 597. The van der Waals surface area contributed by atoms with E-state index in [0.29, 0.717) is 12.2 Å². The molecule has 21 heavy (non-hydrogen) atoms. The molecule has 1 N–H and O–H groups in total. The maximum absolute atomic E-state index is 12.8. The zero-order valence-electron chi connectivity index (χ0n) is 10.5. The number of halogens is 5. The zero-order valence-corrected chi connectivity index (χ0v) is 12.1. The van der Waals surface area contributed by atoms with Crippen LogP contribution < -0.4 is 10.1 Å². The van der Waals surface area contributed by atoms with Gasteiger partial charge in [0.05, 0.1) is 10.0 Å². The molecule has 0 aliphatic rings. The SMILES string of the molecule is Fc1ccc(CNc2cc(Cl)c(OC(F)F)c(Cl)c2)cc1. The number of benzene rings is 2. The van der Waals surface area contributed by atoms with Crippen molar-refractivity contribution >= 4 is 28.9 Å². The van der Waals surface area contributed by atoms with E-state index >= 15 is 0 Å². The van der Waals surface area contributed by atoms with Gasteiger partial charge in [-0.3, -0.25) is 0 Å².